The number of amides is 2. The maximum atomic E-state index is 13.3. The molecule has 3 aromatic heterocycles. The molecule has 0 fully saturated rings. The first-order chi connectivity index (χ1) is 18.9. The molecule has 2 aromatic carbocycles. The van der Waals surface area contributed by atoms with Crippen LogP contribution in [0.15, 0.2) is 42.5 Å². The topological polar surface area (TPSA) is 158 Å². The smallest absolute Gasteiger partial charge is 0.276 e. The fourth-order valence-electron chi connectivity index (χ4n) is 5.08. The van der Waals surface area contributed by atoms with Crippen molar-refractivity contribution in [2.45, 2.75) is 39.3 Å². The largest absolute Gasteiger partial charge is 0.489 e. The highest BCUT2D eigenvalue weighted by Gasteiger charge is 2.29. The number of aromatic amines is 1. The van der Waals surface area contributed by atoms with Gasteiger partial charge in [0.25, 0.3) is 5.91 Å². The molecule has 200 valence electrons. The number of nitrogens with two attached hydrogens (primary N) is 1. The number of rotatable bonds is 9. The minimum absolute atomic E-state index is 0.0903. The molecule has 0 saturated carbocycles. The lowest BCUT2D eigenvalue weighted by atomic mass is 10.1. The van der Waals surface area contributed by atoms with Gasteiger partial charge >= 0.3 is 0 Å². The standard InChI is InChI=1S/C27H29N9O3/c1-3-35-21(11-15(2)34-35)25(38)33-27-32-20-12-16(24(28)37)13-22-23(20)36(27)17(14-39-22)7-6-10-29-26-30-18-8-4-5-9-19(18)31-26/h4-5,8-9,11-13,17H,3,6-7,10,14H2,1-2H3,(H2,28,37)(H2,29,30,31)(H,32,33,38)/t17-/m0/s1. The van der Waals surface area contributed by atoms with Crippen LogP contribution in [0.5, 0.6) is 5.75 Å². The van der Waals surface area contributed by atoms with Crippen molar-refractivity contribution in [1.29, 1.82) is 0 Å². The molecule has 5 aromatic rings. The van der Waals surface area contributed by atoms with Crippen molar-refractivity contribution in [3.63, 3.8) is 0 Å². The number of ether oxygens (including phenoxy) is 1. The average Bonchev–Trinajstić information content (AvgIpc) is 3.62. The predicted molar refractivity (Wildman–Crippen MR) is 147 cm³/mol. The van der Waals surface area contributed by atoms with Crippen molar-refractivity contribution in [2.75, 3.05) is 23.8 Å². The summed E-state index contributed by atoms with van der Waals surface area (Å²) < 4.78 is 9.72. The molecule has 0 unspecified atom stereocenters. The van der Waals surface area contributed by atoms with Gasteiger partial charge in [-0.1, -0.05) is 12.1 Å². The Morgan fingerprint density at radius 3 is 2.82 bits per heavy atom. The summed E-state index contributed by atoms with van der Waals surface area (Å²) in [6.07, 6.45) is 1.57. The number of hydrogen-bond acceptors (Lipinski definition) is 7. The molecule has 6 rings (SSSR count). The van der Waals surface area contributed by atoms with Crippen molar-refractivity contribution in [2.24, 2.45) is 5.73 Å². The van der Waals surface area contributed by atoms with E-state index in [4.69, 9.17) is 10.5 Å². The second-order valence-corrected chi connectivity index (χ2v) is 9.59. The summed E-state index contributed by atoms with van der Waals surface area (Å²) in [4.78, 5) is 37.7. The normalized spacial score (nSPS) is 14.5. The van der Waals surface area contributed by atoms with E-state index in [2.05, 4.69) is 30.7 Å². The zero-order valence-corrected chi connectivity index (χ0v) is 21.7. The number of para-hydroxylation sites is 2. The Morgan fingerprint density at radius 2 is 2.03 bits per heavy atom. The summed E-state index contributed by atoms with van der Waals surface area (Å²) in [5, 5.41) is 10.7. The number of aromatic nitrogens is 6. The Kier molecular flexibility index (Phi) is 6.14. The molecule has 12 heteroatoms. The van der Waals surface area contributed by atoms with E-state index in [9.17, 15) is 9.59 Å². The number of imidazole rings is 2. The predicted octanol–water partition coefficient (Wildman–Crippen LogP) is 3.61. The van der Waals surface area contributed by atoms with Gasteiger partial charge in [0.2, 0.25) is 17.8 Å². The highest BCUT2D eigenvalue weighted by Crippen LogP contribution is 2.38. The van der Waals surface area contributed by atoms with Gasteiger partial charge in [0.1, 0.15) is 23.6 Å². The van der Waals surface area contributed by atoms with Crippen LogP contribution in [-0.2, 0) is 6.54 Å². The second kappa shape index (κ2) is 9.78. The molecule has 0 spiro atoms. The molecule has 0 saturated heterocycles. The fourth-order valence-corrected chi connectivity index (χ4v) is 5.08. The minimum atomic E-state index is -0.571. The molecule has 0 bridgehead atoms. The van der Waals surface area contributed by atoms with Gasteiger partial charge in [-0.3, -0.25) is 19.6 Å². The average molecular weight is 528 g/mol. The summed E-state index contributed by atoms with van der Waals surface area (Å²) in [6, 6.07) is 12.8. The lowest BCUT2D eigenvalue weighted by Gasteiger charge is -2.27. The molecule has 0 aliphatic carbocycles. The number of H-pyrrole nitrogens is 1. The number of nitrogens with zero attached hydrogens (tertiary/aromatic N) is 5. The summed E-state index contributed by atoms with van der Waals surface area (Å²) in [7, 11) is 0. The van der Waals surface area contributed by atoms with Gasteiger partial charge in [0, 0.05) is 18.7 Å². The van der Waals surface area contributed by atoms with E-state index >= 15 is 0 Å². The Balaban J connectivity index is 1.26. The first-order valence-electron chi connectivity index (χ1n) is 12.9. The van der Waals surface area contributed by atoms with Gasteiger partial charge in [-0.25, -0.2) is 9.97 Å². The van der Waals surface area contributed by atoms with E-state index in [-0.39, 0.29) is 11.9 Å². The van der Waals surface area contributed by atoms with Gasteiger partial charge < -0.3 is 25.3 Å². The number of carbonyl (C=O) groups is 2. The Bertz CT molecular complexity index is 1680. The SMILES string of the molecule is CCn1nc(C)cc1C(=O)Nc1nc2cc(C(N)=O)cc3c2n1[C@@H](CCCNc1nc2ccccc2[nH]1)CO3. The van der Waals surface area contributed by atoms with Crippen LogP contribution in [0.25, 0.3) is 22.1 Å². The van der Waals surface area contributed by atoms with Crippen LogP contribution in [0.3, 0.4) is 0 Å². The van der Waals surface area contributed by atoms with E-state index in [1.807, 2.05) is 42.7 Å². The molecule has 1 aliphatic heterocycles. The van der Waals surface area contributed by atoms with E-state index in [1.165, 1.54) is 0 Å². The van der Waals surface area contributed by atoms with Crippen LogP contribution >= 0.6 is 0 Å². The van der Waals surface area contributed by atoms with Crippen molar-refractivity contribution in [1.82, 2.24) is 29.3 Å². The van der Waals surface area contributed by atoms with Gasteiger partial charge in [-0.2, -0.15) is 5.10 Å². The number of fused-ring (bicyclic) bond motifs is 1. The van der Waals surface area contributed by atoms with E-state index in [1.54, 1.807) is 22.9 Å². The number of nitrogens with one attached hydrogen (secondary N) is 3. The van der Waals surface area contributed by atoms with Crippen LogP contribution in [0.1, 0.15) is 52.3 Å². The molecule has 0 radical (unpaired) electrons. The Hall–Kier alpha value is -4.87. The maximum absolute atomic E-state index is 13.3. The van der Waals surface area contributed by atoms with Crippen LogP contribution in [0.2, 0.25) is 0 Å². The van der Waals surface area contributed by atoms with E-state index in [0.717, 1.165) is 41.0 Å². The minimum Gasteiger partial charge on any atom is -0.489 e. The van der Waals surface area contributed by atoms with Crippen molar-refractivity contribution < 1.29 is 14.3 Å². The number of hydrogen-bond donors (Lipinski definition) is 4. The molecule has 39 heavy (non-hydrogen) atoms. The molecule has 5 N–H and O–H groups in total. The van der Waals surface area contributed by atoms with Crippen LogP contribution < -0.4 is 21.1 Å². The lowest BCUT2D eigenvalue weighted by Crippen LogP contribution is -2.26. The van der Waals surface area contributed by atoms with Crippen molar-refractivity contribution >= 4 is 45.8 Å². The molecule has 12 nitrogen and oxygen atoms in total. The van der Waals surface area contributed by atoms with Crippen LogP contribution in [0, 0.1) is 6.92 Å². The summed E-state index contributed by atoms with van der Waals surface area (Å²) in [6.45, 7) is 5.40. The number of primary amides is 1. The number of carbonyl (C=O) groups excluding carboxylic acids is 2. The zero-order valence-electron chi connectivity index (χ0n) is 21.7. The first-order valence-corrected chi connectivity index (χ1v) is 12.9. The Labute approximate surface area is 223 Å². The molecule has 1 atom stereocenters. The zero-order chi connectivity index (χ0) is 27.1. The summed E-state index contributed by atoms with van der Waals surface area (Å²) in [5.41, 5.74) is 10.2. The Morgan fingerprint density at radius 1 is 1.18 bits per heavy atom. The highest BCUT2D eigenvalue weighted by atomic mass is 16.5. The number of benzene rings is 2. The summed E-state index contributed by atoms with van der Waals surface area (Å²) in [5.74, 6) is 0.745. The molecular formula is C27H29N9O3. The van der Waals surface area contributed by atoms with Gasteiger partial charge in [0.15, 0.2) is 0 Å². The quantitative estimate of drug-likeness (QED) is 0.213. The van der Waals surface area contributed by atoms with Gasteiger partial charge in [0.05, 0.1) is 28.3 Å². The number of anilines is 2. The third-order valence-electron chi connectivity index (χ3n) is 6.89. The third-order valence-corrected chi connectivity index (χ3v) is 6.89. The fraction of sp³-hybridized carbons (Fsp3) is 0.296. The lowest BCUT2D eigenvalue weighted by molar-refractivity contribution is 0.0995. The number of aryl methyl sites for hydroxylation is 2. The molecular weight excluding hydrogens is 498 g/mol. The van der Waals surface area contributed by atoms with Crippen LogP contribution in [-0.4, -0.2) is 54.3 Å². The molecule has 4 heterocycles. The molecule has 1 aliphatic rings. The van der Waals surface area contributed by atoms with Gasteiger partial charge in [-0.05, 0) is 57.0 Å². The van der Waals surface area contributed by atoms with E-state index in [0.29, 0.717) is 48.2 Å². The third kappa shape index (κ3) is 4.54. The van der Waals surface area contributed by atoms with Crippen molar-refractivity contribution in [3.05, 3.63) is 59.4 Å². The maximum Gasteiger partial charge on any atom is 0.276 e. The van der Waals surface area contributed by atoms with Crippen LogP contribution in [0.4, 0.5) is 11.9 Å². The van der Waals surface area contributed by atoms with Gasteiger partial charge in [-0.15, -0.1) is 0 Å². The molecule has 2 amide bonds. The highest BCUT2D eigenvalue weighted by molar-refractivity contribution is 6.04. The first kappa shape index (κ1) is 24.5. The second-order valence-electron chi connectivity index (χ2n) is 9.59. The van der Waals surface area contributed by atoms with E-state index < -0.39 is 5.91 Å². The monoisotopic (exact) mass is 527 g/mol. The van der Waals surface area contributed by atoms with Crippen molar-refractivity contribution in [3.8, 4) is 5.75 Å². The summed E-state index contributed by atoms with van der Waals surface area (Å²) >= 11 is 0.